The van der Waals surface area contributed by atoms with E-state index in [-0.39, 0.29) is 18.3 Å². The van der Waals surface area contributed by atoms with E-state index < -0.39 is 18.5 Å². The predicted octanol–water partition coefficient (Wildman–Crippen LogP) is 3.77. The maximum Gasteiger partial charge on any atom is 0.322 e. The van der Waals surface area contributed by atoms with Crippen LogP contribution in [0.15, 0.2) is 52.9 Å². The molecule has 3 aromatic rings. The van der Waals surface area contributed by atoms with Gasteiger partial charge in [0.15, 0.2) is 6.61 Å². The minimum atomic E-state index is -0.597. The van der Waals surface area contributed by atoms with Gasteiger partial charge < -0.3 is 9.15 Å². The summed E-state index contributed by atoms with van der Waals surface area (Å²) in [6.07, 6.45) is -0.0388. The Labute approximate surface area is 164 Å². The number of nitrogens with zero attached hydrogens (tertiary/aromatic N) is 2. The molecule has 0 bridgehead atoms. The van der Waals surface area contributed by atoms with Crippen LogP contribution < -0.4 is 5.32 Å². The third kappa shape index (κ3) is 5.29. The first-order valence-corrected chi connectivity index (χ1v) is 8.55. The lowest BCUT2D eigenvalue weighted by atomic mass is 10.1. The van der Waals surface area contributed by atoms with Crippen molar-refractivity contribution in [3.63, 3.8) is 0 Å². The monoisotopic (exact) mass is 405 g/mol. The average molecular weight is 406 g/mol. The number of aromatic nitrogens is 2. The lowest BCUT2D eigenvalue weighted by Gasteiger charge is -2.05. The van der Waals surface area contributed by atoms with Crippen LogP contribution in [0.5, 0.6) is 0 Å². The number of hydrogen-bond acceptors (Lipinski definition) is 6. The van der Waals surface area contributed by atoms with Gasteiger partial charge in [-0.1, -0.05) is 52.6 Å². The van der Waals surface area contributed by atoms with Gasteiger partial charge in [0, 0.05) is 5.56 Å². The number of carbonyl (C=O) groups is 2. The van der Waals surface area contributed by atoms with Crippen LogP contribution in [-0.2, 0) is 20.7 Å². The van der Waals surface area contributed by atoms with Crippen molar-refractivity contribution in [2.75, 3.05) is 11.9 Å². The Bertz CT molecular complexity index is 960. The van der Waals surface area contributed by atoms with E-state index in [1.54, 1.807) is 30.3 Å². The van der Waals surface area contributed by atoms with Crippen molar-refractivity contribution in [3.05, 3.63) is 64.1 Å². The Morgan fingerprint density at radius 3 is 2.56 bits per heavy atom. The fourth-order valence-corrected chi connectivity index (χ4v) is 2.46. The summed E-state index contributed by atoms with van der Waals surface area (Å²) >= 11 is 11.7. The van der Waals surface area contributed by atoms with Gasteiger partial charge in [-0.25, -0.2) is 0 Å². The second-order valence-corrected chi connectivity index (χ2v) is 6.23. The molecule has 7 nitrogen and oxygen atoms in total. The maximum absolute atomic E-state index is 11.9. The normalized spacial score (nSPS) is 10.4. The van der Waals surface area contributed by atoms with Crippen molar-refractivity contribution in [1.82, 2.24) is 10.2 Å². The molecule has 3 rings (SSSR count). The SMILES string of the molecule is O=C(COC(=O)Cc1ccc(Cl)c(Cl)c1)Nc1nnc(-c2ccccc2)o1. The Kier molecular flexibility index (Phi) is 6.05. The van der Waals surface area contributed by atoms with Crippen molar-refractivity contribution in [3.8, 4) is 11.5 Å². The molecule has 9 heteroatoms. The summed E-state index contributed by atoms with van der Waals surface area (Å²) < 4.78 is 10.3. The molecule has 1 heterocycles. The smallest absolute Gasteiger partial charge is 0.322 e. The summed E-state index contributed by atoms with van der Waals surface area (Å²) in [5, 5.41) is 10.7. The first kappa shape index (κ1) is 18.9. The van der Waals surface area contributed by atoms with Crippen LogP contribution in [0.3, 0.4) is 0 Å². The van der Waals surface area contributed by atoms with Crippen LogP contribution in [0.4, 0.5) is 6.01 Å². The number of amides is 1. The summed E-state index contributed by atoms with van der Waals surface area (Å²) in [7, 11) is 0. The molecule has 1 amide bonds. The van der Waals surface area contributed by atoms with Crippen molar-refractivity contribution >= 4 is 41.1 Å². The number of halogens is 2. The van der Waals surface area contributed by atoms with Gasteiger partial charge in [-0.05, 0) is 29.8 Å². The number of carbonyl (C=O) groups excluding carboxylic acids is 2. The molecular weight excluding hydrogens is 393 g/mol. The van der Waals surface area contributed by atoms with Crippen LogP contribution >= 0.6 is 23.2 Å². The third-order valence-corrected chi connectivity index (χ3v) is 4.13. The number of benzene rings is 2. The van der Waals surface area contributed by atoms with Crippen LogP contribution in [0, 0.1) is 0 Å². The van der Waals surface area contributed by atoms with E-state index in [4.69, 9.17) is 32.4 Å². The minimum absolute atomic E-state index is 0.0388. The molecule has 0 spiro atoms. The predicted molar refractivity (Wildman–Crippen MR) is 99.5 cm³/mol. The topological polar surface area (TPSA) is 94.3 Å². The highest BCUT2D eigenvalue weighted by Crippen LogP contribution is 2.23. The van der Waals surface area contributed by atoms with E-state index in [2.05, 4.69) is 15.5 Å². The Morgan fingerprint density at radius 1 is 1.04 bits per heavy atom. The van der Waals surface area contributed by atoms with Gasteiger partial charge in [0.1, 0.15) is 0 Å². The van der Waals surface area contributed by atoms with Crippen LogP contribution in [0.1, 0.15) is 5.56 Å². The molecule has 0 aliphatic heterocycles. The summed E-state index contributed by atoms with van der Waals surface area (Å²) in [5.41, 5.74) is 1.35. The molecule has 1 N–H and O–H groups in total. The first-order valence-electron chi connectivity index (χ1n) is 7.79. The average Bonchev–Trinajstić information content (AvgIpc) is 3.12. The van der Waals surface area contributed by atoms with Gasteiger partial charge in [0.05, 0.1) is 16.5 Å². The second kappa shape index (κ2) is 8.66. The van der Waals surface area contributed by atoms with E-state index in [9.17, 15) is 9.59 Å². The highest BCUT2D eigenvalue weighted by atomic mass is 35.5. The summed E-state index contributed by atoms with van der Waals surface area (Å²) in [4.78, 5) is 23.7. The number of ether oxygens (including phenoxy) is 1. The highest BCUT2D eigenvalue weighted by molar-refractivity contribution is 6.42. The molecule has 1 aromatic heterocycles. The Balaban J connectivity index is 1.49. The zero-order valence-electron chi connectivity index (χ0n) is 13.8. The molecular formula is C18H13Cl2N3O4. The van der Waals surface area contributed by atoms with Gasteiger partial charge >= 0.3 is 12.0 Å². The van der Waals surface area contributed by atoms with Crippen molar-refractivity contribution in [2.24, 2.45) is 0 Å². The molecule has 0 aliphatic carbocycles. The quantitative estimate of drug-likeness (QED) is 0.627. The minimum Gasteiger partial charge on any atom is -0.455 e. The molecule has 138 valence electrons. The Morgan fingerprint density at radius 2 is 1.81 bits per heavy atom. The van der Waals surface area contributed by atoms with E-state index in [0.29, 0.717) is 15.6 Å². The van der Waals surface area contributed by atoms with Crippen LogP contribution in [0.25, 0.3) is 11.5 Å². The van der Waals surface area contributed by atoms with Gasteiger partial charge in [0.2, 0.25) is 5.89 Å². The van der Waals surface area contributed by atoms with Gasteiger partial charge in [0.25, 0.3) is 5.91 Å². The summed E-state index contributed by atoms with van der Waals surface area (Å²) in [6.45, 7) is -0.483. The molecule has 2 aromatic carbocycles. The lowest BCUT2D eigenvalue weighted by Crippen LogP contribution is -2.21. The van der Waals surface area contributed by atoms with Gasteiger partial charge in [-0.3, -0.25) is 14.9 Å². The number of esters is 1. The lowest BCUT2D eigenvalue weighted by molar-refractivity contribution is -0.146. The molecule has 0 aliphatic rings. The van der Waals surface area contributed by atoms with E-state index >= 15 is 0 Å². The Hall–Kier alpha value is -2.90. The molecule has 0 saturated carbocycles. The molecule has 0 radical (unpaired) electrons. The van der Waals surface area contributed by atoms with Crippen molar-refractivity contribution in [2.45, 2.75) is 6.42 Å². The van der Waals surface area contributed by atoms with Gasteiger partial charge in [-0.2, -0.15) is 0 Å². The first-order chi connectivity index (χ1) is 13.0. The number of anilines is 1. The maximum atomic E-state index is 11.9. The van der Waals surface area contributed by atoms with E-state index in [1.807, 2.05) is 18.2 Å². The summed E-state index contributed by atoms with van der Waals surface area (Å²) in [6, 6.07) is 13.8. The molecule has 0 saturated heterocycles. The number of hydrogen-bond donors (Lipinski definition) is 1. The zero-order valence-corrected chi connectivity index (χ0v) is 15.3. The fraction of sp³-hybridized carbons (Fsp3) is 0.111. The fourth-order valence-electron chi connectivity index (χ4n) is 2.14. The molecule has 0 unspecified atom stereocenters. The van der Waals surface area contributed by atoms with Gasteiger partial charge in [-0.15, -0.1) is 5.10 Å². The summed E-state index contributed by atoms with van der Waals surface area (Å²) in [5.74, 6) is -0.915. The van der Waals surface area contributed by atoms with E-state index in [1.165, 1.54) is 0 Å². The standard InChI is InChI=1S/C18H13Cl2N3O4/c19-13-7-6-11(8-14(13)20)9-16(25)26-10-15(24)21-18-23-22-17(27-18)12-4-2-1-3-5-12/h1-8H,9-10H2,(H,21,23,24). The molecule has 27 heavy (non-hydrogen) atoms. The number of rotatable bonds is 6. The number of nitrogens with one attached hydrogen (secondary N) is 1. The van der Waals surface area contributed by atoms with Crippen molar-refractivity contribution < 1.29 is 18.7 Å². The van der Waals surface area contributed by atoms with Crippen molar-refractivity contribution in [1.29, 1.82) is 0 Å². The van der Waals surface area contributed by atoms with Crippen LogP contribution in [0.2, 0.25) is 10.0 Å². The second-order valence-electron chi connectivity index (χ2n) is 5.41. The third-order valence-electron chi connectivity index (χ3n) is 3.39. The molecule has 0 atom stereocenters. The highest BCUT2D eigenvalue weighted by Gasteiger charge is 2.13. The largest absolute Gasteiger partial charge is 0.455 e. The zero-order chi connectivity index (χ0) is 19.2. The van der Waals surface area contributed by atoms with Crippen LogP contribution in [-0.4, -0.2) is 28.7 Å². The molecule has 0 fully saturated rings. The van der Waals surface area contributed by atoms with E-state index in [0.717, 1.165) is 5.56 Å².